The number of nitrogens with zero attached hydrogens (tertiary/aromatic N) is 2. The van der Waals surface area contributed by atoms with Crippen molar-refractivity contribution >= 4 is 29.0 Å². The molecule has 0 saturated carbocycles. The molecule has 2 aromatic rings. The Balaban J connectivity index is 2.47. The van der Waals surface area contributed by atoms with Crippen LogP contribution in [0.5, 0.6) is 0 Å². The smallest absolute Gasteiger partial charge is 0.145 e. The van der Waals surface area contributed by atoms with Gasteiger partial charge in [-0.15, -0.1) is 0 Å². The average Bonchev–Trinajstić information content (AvgIpc) is 2.46. The first-order valence-corrected chi connectivity index (χ1v) is 7.01. The molecule has 0 unspecified atom stereocenters. The van der Waals surface area contributed by atoms with Crippen molar-refractivity contribution < 1.29 is 0 Å². The first kappa shape index (κ1) is 14.6. The summed E-state index contributed by atoms with van der Waals surface area (Å²) in [7, 11) is 0. The molecule has 0 aliphatic carbocycles. The van der Waals surface area contributed by atoms with Crippen molar-refractivity contribution in [3.63, 3.8) is 0 Å². The van der Waals surface area contributed by atoms with E-state index in [0.717, 1.165) is 18.5 Å². The molecule has 2 rings (SSSR count). The normalized spacial score (nSPS) is 10.1. The minimum Gasteiger partial charge on any atom is -0.369 e. The number of hydrogen-bond acceptors (Lipinski definition) is 3. The Kier molecular flexibility index (Phi) is 4.84. The van der Waals surface area contributed by atoms with Crippen LogP contribution in [0.3, 0.4) is 0 Å². The van der Waals surface area contributed by atoms with Crippen LogP contribution in [-0.2, 0) is 0 Å². The zero-order valence-electron chi connectivity index (χ0n) is 11.0. The van der Waals surface area contributed by atoms with Crippen LogP contribution in [0.15, 0.2) is 30.3 Å². The van der Waals surface area contributed by atoms with Crippen molar-refractivity contribution in [3.05, 3.63) is 45.9 Å². The average molecular weight is 306 g/mol. The Labute approximate surface area is 128 Å². The van der Waals surface area contributed by atoms with E-state index in [9.17, 15) is 0 Å². The zero-order valence-corrected chi connectivity index (χ0v) is 12.5. The maximum Gasteiger partial charge on any atom is 0.145 e. The quantitative estimate of drug-likeness (QED) is 0.886. The highest BCUT2D eigenvalue weighted by molar-refractivity contribution is 6.37. The molecule has 0 aliphatic rings. The van der Waals surface area contributed by atoms with Crippen molar-refractivity contribution in [2.75, 3.05) is 11.9 Å². The van der Waals surface area contributed by atoms with Crippen molar-refractivity contribution in [1.82, 2.24) is 4.98 Å². The van der Waals surface area contributed by atoms with Crippen molar-refractivity contribution in [3.8, 4) is 17.3 Å². The third-order valence-corrected chi connectivity index (χ3v) is 3.31. The number of nitriles is 1. The number of anilines is 1. The lowest BCUT2D eigenvalue weighted by molar-refractivity contribution is 0.970. The Morgan fingerprint density at radius 1 is 1.25 bits per heavy atom. The van der Waals surface area contributed by atoms with E-state index in [4.69, 9.17) is 28.5 Å². The maximum absolute atomic E-state index is 8.96. The molecule has 1 N–H and O–H groups in total. The molecule has 1 aromatic carbocycles. The van der Waals surface area contributed by atoms with E-state index in [1.807, 2.05) is 6.07 Å². The summed E-state index contributed by atoms with van der Waals surface area (Å²) in [6.07, 6.45) is 0.972. The summed E-state index contributed by atoms with van der Waals surface area (Å²) in [5.41, 5.74) is 1.98. The van der Waals surface area contributed by atoms with Crippen LogP contribution >= 0.6 is 23.2 Å². The molecule has 0 saturated heterocycles. The molecule has 0 aliphatic heterocycles. The highest BCUT2D eigenvalue weighted by Crippen LogP contribution is 2.32. The van der Waals surface area contributed by atoms with E-state index in [0.29, 0.717) is 27.1 Å². The van der Waals surface area contributed by atoms with Crippen LogP contribution < -0.4 is 5.32 Å². The van der Waals surface area contributed by atoms with Gasteiger partial charge in [-0.1, -0.05) is 42.3 Å². The third kappa shape index (κ3) is 3.22. The number of hydrogen-bond donors (Lipinski definition) is 1. The Morgan fingerprint density at radius 3 is 2.75 bits per heavy atom. The number of benzene rings is 1. The maximum atomic E-state index is 8.96. The molecular weight excluding hydrogens is 293 g/mol. The van der Waals surface area contributed by atoms with E-state index in [1.165, 1.54) is 0 Å². The van der Waals surface area contributed by atoms with Crippen LogP contribution in [0.1, 0.15) is 18.9 Å². The molecule has 0 amide bonds. The van der Waals surface area contributed by atoms with E-state index in [-0.39, 0.29) is 0 Å². The van der Waals surface area contributed by atoms with Crippen molar-refractivity contribution in [2.24, 2.45) is 0 Å². The molecule has 0 radical (unpaired) electrons. The lowest BCUT2D eigenvalue weighted by Gasteiger charge is -2.10. The standard InChI is InChI=1S/C15H13Cl2N3/c1-2-6-19-15-13(17)8-12(16)14(20-15)11-5-3-4-10(7-11)9-18/h3-5,7-8H,2,6H2,1H3,(H,19,20). The van der Waals surface area contributed by atoms with E-state index in [2.05, 4.69) is 23.3 Å². The molecule has 102 valence electrons. The molecule has 3 nitrogen and oxygen atoms in total. The summed E-state index contributed by atoms with van der Waals surface area (Å²) in [6.45, 7) is 2.85. The summed E-state index contributed by atoms with van der Waals surface area (Å²) in [5, 5.41) is 13.1. The lowest BCUT2D eigenvalue weighted by Crippen LogP contribution is -2.03. The van der Waals surface area contributed by atoms with Crippen molar-refractivity contribution in [1.29, 1.82) is 5.26 Å². The first-order valence-electron chi connectivity index (χ1n) is 6.26. The summed E-state index contributed by atoms with van der Waals surface area (Å²) in [4.78, 5) is 4.47. The van der Waals surface area contributed by atoms with Crippen molar-refractivity contribution in [2.45, 2.75) is 13.3 Å². The molecule has 1 aromatic heterocycles. The van der Waals surface area contributed by atoms with Gasteiger partial charge in [0.15, 0.2) is 0 Å². The second-order valence-electron chi connectivity index (χ2n) is 4.27. The third-order valence-electron chi connectivity index (χ3n) is 2.74. The van der Waals surface area contributed by atoms with E-state index in [1.54, 1.807) is 24.3 Å². The minimum absolute atomic E-state index is 0.465. The van der Waals surface area contributed by atoms with Gasteiger partial charge in [0.05, 0.1) is 27.4 Å². The van der Waals surface area contributed by atoms with Gasteiger partial charge in [-0.3, -0.25) is 0 Å². The second-order valence-corrected chi connectivity index (χ2v) is 5.08. The predicted octanol–water partition coefficient (Wildman–Crippen LogP) is 4.75. The minimum atomic E-state index is 0.465. The van der Waals surface area contributed by atoms with Crippen LogP contribution in [0, 0.1) is 11.3 Å². The zero-order chi connectivity index (χ0) is 14.5. The summed E-state index contributed by atoms with van der Waals surface area (Å²) < 4.78 is 0. The lowest BCUT2D eigenvalue weighted by atomic mass is 10.1. The largest absolute Gasteiger partial charge is 0.369 e. The topological polar surface area (TPSA) is 48.7 Å². The first-order chi connectivity index (χ1) is 9.65. The van der Waals surface area contributed by atoms with Gasteiger partial charge in [-0.25, -0.2) is 4.98 Å². The monoisotopic (exact) mass is 305 g/mol. The molecule has 0 fully saturated rings. The molecule has 0 atom stereocenters. The van der Waals surface area contributed by atoms with Gasteiger partial charge in [-0.2, -0.15) is 5.26 Å². The fourth-order valence-corrected chi connectivity index (χ4v) is 2.31. The van der Waals surface area contributed by atoms with Crippen LogP contribution in [-0.4, -0.2) is 11.5 Å². The second kappa shape index (κ2) is 6.60. The van der Waals surface area contributed by atoms with Gasteiger partial charge in [0.2, 0.25) is 0 Å². The highest BCUT2D eigenvalue weighted by atomic mass is 35.5. The molecule has 1 heterocycles. The summed E-state index contributed by atoms with van der Waals surface area (Å²) >= 11 is 12.3. The molecule has 0 bridgehead atoms. The van der Waals surface area contributed by atoms with Gasteiger partial charge in [0.25, 0.3) is 0 Å². The van der Waals surface area contributed by atoms with Crippen LogP contribution in [0.2, 0.25) is 10.0 Å². The fourth-order valence-electron chi connectivity index (χ4n) is 1.77. The van der Waals surface area contributed by atoms with Gasteiger partial charge in [-0.05, 0) is 24.6 Å². The molecule has 5 heteroatoms. The van der Waals surface area contributed by atoms with Crippen LogP contribution in [0.25, 0.3) is 11.3 Å². The summed E-state index contributed by atoms with van der Waals surface area (Å²) in [5.74, 6) is 0.607. The SMILES string of the molecule is CCCNc1nc(-c2cccc(C#N)c2)c(Cl)cc1Cl. The van der Waals surface area contributed by atoms with Gasteiger partial charge < -0.3 is 5.32 Å². The molecular formula is C15H13Cl2N3. The Bertz CT molecular complexity index is 663. The number of pyridine rings is 1. The summed E-state index contributed by atoms with van der Waals surface area (Å²) in [6, 6.07) is 10.9. The predicted molar refractivity (Wildman–Crippen MR) is 83.2 cm³/mol. The Morgan fingerprint density at radius 2 is 2.05 bits per heavy atom. The van der Waals surface area contributed by atoms with Gasteiger partial charge in [0.1, 0.15) is 5.82 Å². The molecule has 20 heavy (non-hydrogen) atoms. The highest BCUT2D eigenvalue weighted by Gasteiger charge is 2.11. The Hall–Kier alpha value is -1.76. The number of rotatable bonds is 4. The number of aromatic nitrogens is 1. The van der Waals surface area contributed by atoms with E-state index < -0.39 is 0 Å². The van der Waals surface area contributed by atoms with Gasteiger partial charge >= 0.3 is 0 Å². The molecule has 0 spiro atoms. The number of nitrogens with one attached hydrogen (secondary N) is 1. The van der Waals surface area contributed by atoms with E-state index >= 15 is 0 Å². The van der Waals surface area contributed by atoms with Gasteiger partial charge in [0, 0.05) is 12.1 Å². The number of halogens is 2. The fraction of sp³-hybridized carbons (Fsp3) is 0.200. The van der Waals surface area contributed by atoms with Crippen LogP contribution in [0.4, 0.5) is 5.82 Å².